The largest absolute Gasteiger partial charge is 0.497 e. The summed E-state index contributed by atoms with van der Waals surface area (Å²) in [5.74, 6) is 0.921. The average molecular weight is 250 g/mol. The van der Waals surface area contributed by atoms with Crippen LogP contribution in [0.2, 0.25) is 0 Å². The van der Waals surface area contributed by atoms with Crippen LogP contribution in [-0.2, 0) is 6.54 Å². The van der Waals surface area contributed by atoms with Gasteiger partial charge in [-0.15, -0.1) is 0 Å². The number of hydrogen-bond donors (Lipinski definition) is 1. The summed E-state index contributed by atoms with van der Waals surface area (Å²) in [7, 11) is 3.87. The van der Waals surface area contributed by atoms with E-state index in [1.165, 1.54) is 18.4 Å². The van der Waals surface area contributed by atoms with E-state index in [4.69, 9.17) is 4.74 Å². The van der Waals surface area contributed by atoms with Crippen molar-refractivity contribution in [2.24, 2.45) is 0 Å². The fourth-order valence-corrected chi connectivity index (χ4v) is 1.90. The standard InChI is InChI=1S/C15H26N2O/c1-4-10-16-11-5-12-17(2)13-14-6-8-15(18-3)9-7-14/h6-9,16H,4-5,10-13H2,1-3H3. The van der Waals surface area contributed by atoms with E-state index in [9.17, 15) is 0 Å². The minimum absolute atomic E-state index is 0.921. The maximum Gasteiger partial charge on any atom is 0.118 e. The number of methoxy groups -OCH3 is 1. The first-order valence-electron chi connectivity index (χ1n) is 6.78. The molecule has 0 unspecified atom stereocenters. The maximum atomic E-state index is 5.15. The van der Waals surface area contributed by atoms with Crippen molar-refractivity contribution in [2.45, 2.75) is 26.3 Å². The molecule has 1 rings (SSSR count). The lowest BCUT2D eigenvalue weighted by Crippen LogP contribution is -2.24. The highest BCUT2D eigenvalue weighted by atomic mass is 16.5. The van der Waals surface area contributed by atoms with Gasteiger partial charge < -0.3 is 15.0 Å². The molecule has 0 aliphatic carbocycles. The van der Waals surface area contributed by atoms with Gasteiger partial charge in [0.25, 0.3) is 0 Å². The van der Waals surface area contributed by atoms with Gasteiger partial charge in [-0.05, 0) is 57.2 Å². The summed E-state index contributed by atoms with van der Waals surface area (Å²) in [6.45, 7) is 6.56. The van der Waals surface area contributed by atoms with Gasteiger partial charge >= 0.3 is 0 Å². The maximum absolute atomic E-state index is 5.15. The third kappa shape index (κ3) is 6.03. The van der Waals surface area contributed by atoms with Gasteiger partial charge in [-0.2, -0.15) is 0 Å². The Morgan fingerprint density at radius 1 is 1.17 bits per heavy atom. The number of nitrogens with zero attached hydrogens (tertiary/aromatic N) is 1. The number of rotatable bonds is 9. The van der Waals surface area contributed by atoms with Crippen molar-refractivity contribution in [3.8, 4) is 5.75 Å². The summed E-state index contributed by atoms with van der Waals surface area (Å²) >= 11 is 0. The normalized spacial score (nSPS) is 10.9. The molecular weight excluding hydrogens is 224 g/mol. The SMILES string of the molecule is CCCNCCCN(C)Cc1ccc(OC)cc1. The smallest absolute Gasteiger partial charge is 0.118 e. The molecule has 0 spiro atoms. The predicted octanol–water partition coefficient (Wildman–Crippen LogP) is 2.52. The van der Waals surface area contributed by atoms with Crippen LogP contribution in [0.25, 0.3) is 0 Å². The van der Waals surface area contributed by atoms with Gasteiger partial charge in [-0.1, -0.05) is 19.1 Å². The Kier molecular flexibility index (Phi) is 7.46. The Bertz CT molecular complexity index is 311. The topological polar surface area (TPSA) is 24.5 Å². The summed E-state index contributed by atoms with van der Waals surface area (Å²) in [4.78, 5) is 2.36. The van der Waals surface area contributed by atoms with E-state index in [0.29, 0.717) is 0 Å². The minimum atomic E-state index is 0.921. The van der Waals surface area contributed by atoms with E-state index in [1.807, 2.05) is 12.1 Å². The number of benzene rings is 1. The van der Waals surface area contributed by atoms with Crippen LogP contribution >= 0.6 is 0 Å². The quantitative estimate of drug-likeness (QED) is 0.682. The van der Waals surface area contributed by atoms with Gasteiger partial charge in [0.2, 0.25) is 0 Å². The molecule has 1 aromatic rings. The van der Waals surface area contributed by atoms with E-state index in [0.717, 1.165) is 31.9 Å². The molecule has 0 atom stereocenters. The Labute approximate surface area is 111 Å². The molecule has 0 aliphatic rings. The van der Waals surface area contributed by atoms with Crippen LogP contribution in [0.4, 0.5) is 0 Å². The molecule has 0 aromatic heterocycles. The highest BCUT2D eigenvalue weighted by molar-refractivity contribution is 5.26. The lowest BCUT2D eigenvalue weighted by atomic mass is 10.2. The summed E-state index contributed by atoms with van der Waals surface area (Å²) in [5, 5.41) is 3.43. The molecule has 1 aromatic carbocycles. The van der Waals surface area contributed by atoms with Crippen LogP contribution in [0.1, 0.15) is 25.3 Å². The number of ether oxygens (including phenoxy) is 1. The van der Waals surface area contributed by atoms with E-state index in [1.54, 1.807) is 7.11 Å². The summed E-state index contributed by atoms with van der Waals surface area (Å²) in [6, 6.07) is 8.30. The van der Waals surface area contributed by atoms with Crippen LogP contribution < -0.4 is 10.1 Å². The fourth-order valence-electron chi connectivity index (χ4n) is 1.90. The lowest BCUT2D eigenvalue weighted by molar-refractivity contribution is 0.319. The summed E-state index contributed by atoms with van der Waals surface area (Å²) in [6.07, 6.45) is 2.41. The molecule has 3 heteroatoms. The van der Waals surface area contributed by atoms with Crippen molar-refractivity contribution in [2.75, 3.05) is 33.8 Å². The zero-order valence-corrected chi connectivity index (χ0v) is 11.9. The van der Waals surface area contributed by atoms with Gasteiger partial charge in [-0.3, -0.25) is 0 Å². The molecule has 102 valence electrons. The van der Waals surface area contributed by atoms with Crippen LogP contribution in [0.5, 0.6) is 5.75 Å². The monoisotopic (exact) mass is 250 g/mol. The van der Waals surface area contributed by atoms with Gasteiger partial charge in [0.15, 0.2) is 0 Å². The van der Waals surface area contributed by atoms with Crippen LogP contribution in [0.15, 0.2) is 24.3 Å². The summed E-state index contributed by atoms with van der Waals surface area (Å²) in [5.41, 5.74) is 1.33. The Balaban J connectivity index is 2.20. The Hall–Kier alpha value is -1.06. The molecule has 18 heavy (non-hydrogen) atoms. The number of hydrogen-bond acceptors (Lipinski definition) is 3. The molecule has 3 nitrogen and oxygen atoms in total. The molecular formula is C15H26N2O. The zero-order chi connectivity index (χ0) is 13.2. The molecule has 0 radical (unpaired) electrons. The van der Waals surface area contributed by atoms with Crippen molar-refractivity contribution in [3.05, 3.63) is 29.8 Å². The van der Waals surface area contributed by atoms with Gasteiger partial charge in [0.05, 0.1) is 7.11 Å². The van der Waals surface area contributed by atoms with E-state index < -0.39 is 0 Å². The summed E-state index contributed by atoms with van der Waals surface area (Å²) < 4.78 is 5.15. The van der Waals surface area contributed by atoms with Crippen LogP contribution in [-0.4, -0.2) is 38.7 Å². The van der Waals surface area contributed by atoms with Gasteiger partial charge in [0, 0.05) is 6.54 Å². The van der Waals surface area contributed by atoms with Crippen molar-refractivity contribution < 1.29 is 4.74 Å². The Morgan fingerprint density at radius 2 is 1.89 bits per heavy atom. The Morgan fingerprint density at radius 3 is 2.50 bits per heavy atom. The minimum Gasteiger partial charge on any atom is -0.497 e. The molecule has 0 amide bonds. The van der Waals surface area contributed by atoms with Crippen molar-refractivity contribution >= 4 is 0 Å². The highest BCUT2D eigenvalue weighted by Gasteiger charge is 2.00. The van der Waals surface area contributed by atoms with Crippen LogP contribution in [0.3, 0.4) is 0 Å². The van der Waals surface area contributed by atoms with E-state index in [2.05, 4.69) is 36.3 Å². The average Bonchev–Trinajstić information content (AvgIpc) is 2.39. The molecule has 0 bridgehead atoms. The molecule has 0 aliphatic heterocycles. The molecule has 0 heterocycles. The van der Waals surface area contributed by atoms with Crippen molar-refractivity contribution in [3.63, 3.8) is 0 Å². The molecule has 1 N–H and O–H groups in total. The third-order valence-corrected chi connectivity index (χ3v) is 2.93. The second-order valence-electron chi connectivity index (χ2n) is 4.69. The second kappa shape index (κ2) is 8.95. The molecule has 0 saturated heterocycles. The van der Waals surface area contributed by atoms with E-state index >= 15 is 0 Å². The van der Waals surface area contributed by atoms with Gasteiger partial charge in [-0.25, -0.2) is 0 Å². The second-order valence-corrected chi connectivity index (χ2v) is 4.69. The highest BCUT2D eigenvalue weighted by Crippen LogP contribution is 2.12. The number of nitrogens with one attached hydrogen (secondary N) is 1. The van der Waals surface area contributed by atoms with Crippen LogP contribution in [0, 0.1) is 0 Å². The fraction of sp³-hybridized carbons (Fsp3) is 0.600. The molecule has 0 fully saturated rings. The van der Waals surface area contributed by atoms with Crippen molar-refractivity contribution in [1.82, 2.24) is 10.2 Å². The first kappa shape index (κ1) is 15.0. The van der Waals surface area contributed by atoms with E-state index in [-0.39, 0.29) is 0 Å². The first-order valence-corrected chi connectivity index (χ1v) is 6.78. The van der Waals surface area contributed by atoms with Gasteiger partial charge in [0.1, 0.15) is 5.75 Å². The zero-order valence-electron chi connectivity index (χ0n) is 11.9. The third-order valence-electron chi connectivity index (χ3n) is 2.93. The van der Waals surface area contributed by atoms with Crippen molar-refractivity contribution in [1.29, 1.82) is 0 Å². The lowest BCUT2D eigenvalue weighted by Gasteiger charge is -2.17. The first-order chi connectivity index (χ1) is 8.76. The molecule has 0 saturated carbocycles. The predicted molar refractivity (Wildman–Crippen MR) is 77.1 cm³/mol.